The van der Waals surface area contributed by atoms with Crippen molar-refractivity contribution in [3.05, 3.63) is 77.4 Å². The number of ether oxygens (including phenoxy) is 2. The molecule has 1 atom stereocenters. The molecule has 0 heterocycles. The Balaban J connectivity index is 1.36. The van der Waals surface area contributed by atoms with Gasteiger partial charge in [-0.2, -0.15) is 0 Å². The Bertz CT molecular complexity index is 1150. The second-order valence-electron chi connectivity index (χ2n) is 12.3. The fourth-order valence-corrected chi connectivity index (χ4v) is 5.52. The lowest BCUT2D eigenvalue weighted by atomic mass is 10.0. The highest BCUT2D eigenvalue weighted by Gasteiger charge is 2.10. The minimum Gasteiger partial charge on any atom is -0.494 e. The molecule has 3 heteroatoms. The Kier molecular flexibility index (Phi) is 16.2. The predicted octanol–water partition coefficient (Wildman–Crippen LogP) is 11.3. The van der Waals surface area contributed by atoms with Gasteiger partial charge in [0.15, 0.2) is 0 Å². The summed E-state index contributed by atoms with van der Waals surface area (Å²) in [6, 6.07) is 21.1. The fourth-order valence-electron chi connectivity index (χ4n) is 5.52. The molecule has 0 saturated heterocycles. The Morgan fingerprint density at radius 1 is 0.643 bits per heavy atom. The van der Waals surface area contributed by atoms with Crippen molar-refractivity contribution >= 4 is 16.7 Å². The second-order valence-corrected chi connectivity index (χ2v) is 12.3. The molecule has 0 aliphatic carbocycles. The lowest BCUT2D eigenvalue weighted by Gasteiger charge is -2.12. The molecule has 0 bridgehead atoms. The van der Waals surface area contributed by atoms with E-state index in [0.29, 0.717) is 18.1 Å². The summed E-state index contributed by atoms with van der Waals surface area (Å²) in [4.78, 5) is 12.5. The minimum absolute atomic E-state index is 0.213. The summed E-state index contributed by atoms with van der Waals surface area (Å²) < 4.78 is 11.6. The standard InChI is InChI=1S/C39H56O3/c1-4-6-8-10-11-12-14-16-28-41-38-27-26-36-29-34(22-25-37(36)30-38)19-18-33-20-23-35(24-21-33)39(40)42-31-32(3)17-15-13-9-7-5-2/h20-27,29-30,32H,4-19,28,31H2,1-3H3/t32-/m1/s1. The number of hydrogen-bond donors (Lipinski definition) is 0. The summed E-state index contributed by atoms with van der Waals surface area (Å²) in [6.45, 7) is 7.98. The van der Waals surface area contributed by atoms with Crippen molar-refractivity contribution in [3.63, 3.8) is 0 Å². The Morgan fingerprint density at radius 3 is 1.93 bits per heavy atom. The van der Waals surface area contributed by atoms with Gasteiger partial charge in [0.1, 0.15) is 5.75 Å². The van der Waals surface area contributed by atoms with E-state index in [2.05, 4.69) is 69.3 Å². The van der Waals surface area contributed by atoms with Crippen molar-refractivity contribution in [1.82, 2.24) is 0 Å². The maximum atomic E-state index is 12.5. The van der Waals surface area contributed by atoms with Crippen LogP contribution in [0.5, 0.6) is 5.75 Å². The number of carbonyl (C=O) groups is 1. The van der Waals surface area contributed by atoms with Gasteiger partial charge < -0.3 is 9.47 Å². The molecule has 0 saturated carbocycles. The maximum Gasteiger partial charge on any atom is 0.338 e. The third-order valence-corrected chi connectivity index (χ3v) is 8.33. The Hall–Kier alpha value is -2.81. The van der Waals surface area contributed by atoms with E-state index >= 15 is 0 Å². The predicted molar refractivity (Wildman–Crippen MR) is 179 cm³/mol. The summed E-state index contributed by atoms with van der Waals surface area (Å²) in [5.74, 6) is 1.17. The lowest BCUT2D eigenvalue weighted by molar-refractivity contribution is 0.0442. The number of aryl methyl sites for hydroxylation is 2. The summed E-state index contributed by atoms with van der Waals surface area (Å²) in [6.07, 6.45) is 19.9. The number of unbranched alkanes of at least 4 members (excludes halogenated alkanes) is 11. The molecule has 0 N–H and O–H groups in total. The van der Waals surface area contributed by atoms with Crippen molar-refractivity contribution in [2.75, 3.05) is 13.2 Å². The third kappa shape index (κ3) is 13.0. The van der Waals surface area contributed by atoms with Crippen LogP contribution >= 0.6 is 0 Å². The SMILES string of the molecule is CCCCCCCCCCOc1ccc2cc(CCc3ccc(C(=O)OC[C@H](C)CCCCCCC)cc3)ccc2c1. The van der Waals surface area contributed by atoms with Crippen molar-refractivity contribution in [2.24, 2.45) is 5.92 Å². The van der Waals surface area contributed by atoms with Crippen LogP contribution in [0.1, 0.15) is 132 Å². The van der Waals surface area contributed by atoms with Gasteiger partial charge in [-0.1, -0.05) is 134 Å². The van der Waals surface area contributed by atoms with E-state index in [9.17, 15) is 4.79 Å². The number of fused-ring (bicyclic) bond motifs is 1. The molecule has 0 aliphatic heterocycles. The van der Waals surface area contributed by atoms with E-state index in [4.69, 9.17) is 9.47 Å². The lowest BCUT2D eigenvalue weighted by Crippen LogP contribution is -2.12. The molecule has 3 aromatic carbocycles. The summed E-state index contributed by atoms with van der Waals surface area (Å²) >= 11 is 0. The van der Waals surface area contributed by atoms with Crippen LogP contribution in [0.15, 0.2) is 60.7 Å². The molecule has 42 heavy (non-hydrogen) atoms. The zero-order chi connectivity index (χ0) is 29.8. The number of carbonyl (C=O) groups excluding carboxylic acids is 1. The van der Waals surface area contributed by atoms with E-state index in [1.165, 1.54) is 98.9 Å². The van der Waals surface area contributed by atoms with Crippen molar-refractivity contribution < 1.29 is 14.3 Å². The fraction of sp³-hybridized carbons (Fsp3) is 0.564. The molecule has 0 amide bonds. The van der Waals surface area contributed by atoms with Crippen LogP contribution in [0.2, 0.25) is 0 Å². The zero-order valence-electron chi connectivity index (χ0n) is 26.8. The van der Waals surface area contributed by atoms with Gasteiger partial charge in [-0.05, 0) is 77.8 Å². The van der Waals surface area contributed by atoms with E-state index in [1.807, 2.05) is 12.1 Å². The van der Waals surface area contributed by atoms with Crippen LogP contribution in [0.3, 0.4) is 0 Å². The smallest absolute Gasteiger partial charge is 0.338 e. The molecule has 0 spiro atoms. The van der Waals surface area contributed by atoms with Gasteiger partial charge in [-0.3, -0.25) is 0 Å². The second kappa shape index (κ2) is 20.2. The van der Waals surface area contributed by atoms with Crippen molar-refractivity contribution in [2.45, 2.75) is 124 Å². The first-order chi connectivity index (χ1) is 20.6. The largest absolute Gasteiger partial charge is 0.494 e. The van der Waals surface area contributed by atoms with Crippen LogP contribution in [-0.2, 0) is 17.6 Å². The average molecular weight is 573 g/mol. The molecule has 230 valence electrons. The van der Waals surface area contributed by atoms with Crippen LogP contribution < -0.4 is 4.74 Å². The first-order valence-corrected chi connectivity index (χ1v) is 17.0. The molecule has 0 aliphatic rings. The van der Waals surface area contributed by atoms with Gasteiger partial charge in [-0.15, -0.1) is 0 Å². The molecule has 3 rings (SSSR count). The molecule has 0 radical (unpaired) electrons. The van der Waals surface area contributed by atoms with E-state index < -0.39 is 0 Å². The summed E-state index contributed by atoms with van der Waals surface area (Å²) in [5.41, 5.74) is 3.19. The minimum atomic E-state index is -0.213. The summed E-state index contributed by atoms with van der Waals surface area (Å²) in [7, 11) is 0. The highest BCUT2D eigenvalue weighted by atomic mass is 16.5. The van der Waals surface area contributed by atoms with Gasteiger partial charge in [0.25, 0.3) is 0 Å². The molecule has 0 unspecified atom stereocenters. The van der Waals surface area contributed by atoms with Gasteiger partial charge in [0.05, 0.1) is 18.8 Å². The zero-order valence-corrected chi connectivity index (χ0v) is 26.8. The average Bonchev–Trinajstić information content (AvgIpc) is 3.02. The van der Waals surface area contributed by atoms with E-state index in [-0.39, 0.29) is 5.97 Å². The molecular weight excluding hydrogens is 516 g/mol. The van der Waals surface area contributed by atoms with Crippen molar-refractivity contribution in [1.29, 1.82) is 0 Å². The molecule has 3 aromatic rings. The number of rotatable bonds is 22. The highest BCUT2D eigenvalue weighted by Crippen LogP contribution is 2.23. The third-order valence-electron chi connectivity index (χ3n) is 8.33. The summed E-state index contributed by atoms with van der Waals surface area (Å²) in [5, 5.41) is 2.47. The van der Waals surface area contributed by atoms with Gasteiger partial charge in [-0.25, -0.2) is 4.79 Å². The van der Waals surface area contributed by atoms with Crippen LogP contribution in [0.4, 0.5) is 0 Å². The molecular formula is C39H56O3. The highest BCUT2D eigenvalue weighted by molar-refractivity contribution is 5.89. The Labute approximate surface area is 256 Å². The van der Waals surface area contributed by atoms with Crippen molar-refractivity contribution in [3.8, 4) is 5.75 Å². The topological polar surface area (TPSA) is 35.5 Å². The number of esters is 1. The quantitative estimate of drug-likeness (QED) is 0.0887. The van der Waals surface area contributed by atoms with Gasteiger partial charge in [0.2, 0.25) is 0 Å². The van der Waals surface area contributed by atoms with E-state index in [1.54, 1.807) is 0 Å². The first kappa shape index (κ1) is 33.7. The van der Waals surface area contributed by atoms with E-state index in [0.717, 1.165) is 38.0 Å². The van der Waals surface area contributed by atoms with Crippen LogP contribution in [0.25, 0.3) is 10.8 Å². The number of benzene rings is 3. The first-order valence-electron chi connectivity index (χ1n) is 17.0. The maximum absolute atomic E-state index is 12.5. The van der Waals surface area contributed by atoms with Gasteiger partial charge >= 0.3 is 5.97 Å². The molecule has 0 fully saturated rings. The monoisotopic (exact) mass is 572 g/mol. The van der Waals surface area contributed by atoms with Crippen LogP contribution in [0, 0.1) is 5.92 Å². The normalized spacial score (nSPS) is 12.0. The van der Waals surface area contributed by atoms with Gasteiger partial charge in [0, 0.05) is 0 Å². The number of hydrogen-bond acceptors (Lipinski definition) is 3. The molecule has 3 nitrogen and oxygen atoms in total. The molecule has 0 aromatic heterocycles. The van der Waals surface area contributed by atoms with Crippen LogP contribution in [-0.4, -0.2) is 19.2 Å². The Morgan fingerprint density at radius 2 is 1.21 bits per heavy atom.